The van der Waals surface area contributed by atoms with Crippen LogP contribution in [0, 0.1) is 0 Å². The van der Waals surface area contributed by atoms with Crippen LogP contribution in [-0.4, -0.2) is 10.8 Å². The van der Waals surface area contributed by atoms with Crippen molar-refractivity contribution in [3.05, 3.63) is 70.3 Å². The average molecular weight is 342 g/mol. The van der Waals surface area contributed by atoms with Crippen LogP contribution in [0.5, 0.6) is 0 Å². The van der Waals surface area contributed by atoms with Gasteiger partial charge in [0.15, 0.2) is 5.78 Å². The summed E-state index contributed by atoms with van der Waals surface area (Å²) in [6, 6.07) is 15.8. The van der Waals surface area contributed by atoms with Crippen LogP contribution in [0.25, 0.3) is 10.9 Å². The van der Waals surface area contributed by atoms with Crippen molar-refractivity contribution in [3.8, 4) is 0 Å². The van der Waals surface area contributed by atoms with Gasteiger partial charge in [0.2, 0.25) is 0 Å². The fraction of sp³-hybridized carbons (Fsp3) is 0.167. The van der Waals surface area contributed by atoms with Crippen LogP contribution in [0.1, 0.15) is 29.8 Å². The third kappa shape index (κ3) is 2.32. The summed E-state index contributed by atoms with van der Waals surface area (Å²) >= 11 is 3.55. The van der Waals surface area contributed by atoms with Gasteiger partial charge in [-0.3, -0.25) is 4.79 Å². The number of carbonyl (C=O) groups excluding carboxylic acids is 1. The Kier molecular flexibility index (Phi) is 3.46. The Morgan fingerprint density at radius 1 is 1.05 bits per heavy atom. The van der Waals surface area contributed by atoms with Gasteiger partial charge in [-0.05, 0) is 31.5 Å². The molecule has 21 heavy (non-hydrogen) atoms. The molecule has 0 aliphatic rings. The second kappa shape index (κ2) is 5.15. The smallest absolute Gasteiger partial charge is 0.174 e. The highest BCUT2D eigenvalue weighted by atomic mass is 79.9. The van der Waals surface area contributed by atoms with E-state index in [1.807, 2.05) is 68.6 Å². The number of benzene rings is 2. The zero-order valence-corrected chi connectivity index (χ0v) is 13.6. The lowest BCUT2D eigenvalue weighted by Gasteiger charge is -2.23. The van der Waals surface area contributed by atoms with E-state index in [1.165, 1.54) is 0 Å². The molecule has 3 aromatic rings. The lowest BCUT2D eigenvalue weighted by atomic mass is 9.78. The van der Waals surface area contributed by atoms with Crippen LogP contribution >= 0.6 is 15.9 Å². The number of H-pyrrole nitrogens is 1. The molecular formula is C18H16BrNO. The third-order valence-corrected chi connectivity index (χ3v) is 4.62. The molecule has 0 fully saturated rings. The van der Waals surface area contributed by atoms with E-state index in [2.05, 4.69) is 20.9 Å². The molecule has 0 saturated heterocycles. The van der Waals surface area contributed by atoms with Gasteiger partial charge in [-0.25, -0.2) is 0 Å². The summed E-state index contributed by atoms with van der Waals surface area (Å²) in [5, 5.41) is 0.950. The number of hydrogen-bond donors (Lipinski definition) is 1. The Morgan fingerprint density at radius 3 is 2.48 bits per heavy atom. The third-order valence-electron chi connectivity index (χ3n) is 3.96. The Hall–Kier alpha value is -1.87. The van der Waals surface area contributed by atoms with E-state index in [0.29, 0.717) is 0 Å². The molecule has 1 aromatic heterocycles. The van der Waals surface area contributed by atoms with Gasteiger partial charge in [0.05, 0.1) is 5.41 Å². The van der Waals surface area contributed by atoms with E-state index in [4.69, 9.17) is 0 Å². The highest BCUT2D eigenvalue weighted by Crippen LogP contribution is 2.33. The zero-order valence-electron chi connectivity index (χ0n) is 12.0. The van der Waals surface area contributed by atoms with Gasteiger partial charge in [0, 0.05) is 27.1 Å². The lowest BCUT2D eigenvalue weighted by Crippen LogP contribution is -2.28. The molecule has 0 saturated carbocycles. The van der Waals surface area contributed by atoms with Crippen LogP contribution in [0.4, 0.5) is 0 Å². The molecule has 106 valence electrons. The van der Waals surface area contributed by atoms with Crippen LogP contribution in [0.15, 0.2) is 59.2 Å². The summed E-state index contributed by atoms with van der Waals surface area (Å²) in [5.74, 6) is 0.117. The molecule has 0 amide bonds. The summed E-state index contributed by atoms with van der Waals surface area (Å²) in [4.78, 5) is 16.2. The Morgan fingerprint density at radius 2 is 1.76 bits per heavy atom. The van der Waals surface area contributed by atoms with E-state index in [-0.39, 0.29) is 5.78 Å². The fourth-order valence-corrected chi connectivity index (χ4v) is 3.22. The van der Waals surface area contributed by atoms with E-state index in [1.54, 1.807) is 0 Å². The van der Waals surface area contributed by atoms with Crippen molar-refractivity contribution >= 4 is 32.6 Å². The predicted octanol–water partition coefficient (Wildman–Crippen LogP) is 5.09. The van der Waals surface area contributed by atoms with Crippen LogP contribution in [0.3, 0.4) is 0 Å². The Balaban J connectivity index is 2.13. The number of Topliss-reactive ketones (excluding diaryl/α,β-unsaturated/α-hetero) is 1. The number of hydrogen-bond acceptors (Lipinski definition) is 1. The van der Waals surface area contributed by atoms with Gasteiger partial charge in [0.1, 0.15) is 0 Å². The zero-order chi connectivity index (χ0) is 15.0. The molecule has 1 N–H and O–H groups in total. The molecular weight excluding hydrogens is 326 g/mol. The molecule has 3 rings (SSSR count). The van der Waals surface area contributed by atoms with Gasteiger partial charge in [-0.15, -0.1) is 0 Å². The number of nitrogens with one attached hydrogen (secondary N) is 1. The second-order valence-corrected chi connectivity index (χ2v) is 6.54. The number of halogens is 1. The molecule has 2 nitrogen and oxygen atoms in total. The summed E-state index contributed by atoms with van der Waals surface area (Å²) in [6.07, 6.45) is 1.81. The number of ketones is 1. The maximum atomic E-state index is 13.1. The van der Waals surface area contributed by atoms with Crippen molar-refractivity contribution in [2.75, 3.05) is 0 Å². The summed E-state index contributed by atoms with van der Waals surface area (Å²) in [7, 11) is 0. The number of rotatable bonds is 3. The first-order valence-electron chi connectivity index (χ1n) is 6.88. The van der Waals surface area contributed by atoms with E-state index >= 15 is 0 Å². The molecule has 0 aliphatic heterocycles. The maximum absolute atomic E-state index is 13.1. The van der Waals surface area contributed by atoms with Crippen molar-refractivity contribution in [1.29, 1.82) is 0 Å². The highest BCUT2D eigenvalue weighted by molar-refractivity contribution is 9.10. The number of aromatic nitrogens is 1. The minimum atomic E-state index is -0.564. The Bertz CT molecular complexity index is 802. The minimum Gasteiger partial charge on any atom is -0.360 e. The normalized spacial score (nSPS) is 11.8. The number of fused-ring (bicyclic) bond motifs is 1. The van der Waals surface area contributed by atoms with Gasteiger partial charge >= 0.3 is 0 Å². The topological polar surface area (TPSA) is 32.9 Å². The van der Waals surface area contributed by atoms with Crippen molar-refractivity contribution in [2.24, 2.45) is 0 Å². The molecule has 3 heteroatoms. The van der Waals surface area contributed by atoms with Crippen molar-refractivity contribution in [3.63, 3.8) is 0 Å². The quantitative estimate of drug-likeness (QED) is 0.661. The van der Waals surface area contributed by atoms with Crippen molar-refractivity contribution in [2.45, 2.75) is 19.3 Å². The molecule has 2 aromatic carbocycles. The largest absolute Gasteiger partial charge is 0.360 e. The number of carbonyl (C=O) groups is 1. The highest BCUT2D eigenvalue weighted by Gasteiger charge is 2.32. The molecule has 0 radical (unpaired) electrons. The number of aromatic amines is 1. The van der Waals surface area contributed by atoms with E-state index < -0.39 is 5.41 Å². The molecule has 0 aliphatic carbocycles. The monoisotopic (exact) mass is 341 g/mol. The molecule has 1 heterocycles. The SMILES string of the molecule is CC(C)(C(=O)c1c[nH]c2cccc(Br)c12)c1ccccc1. The van der Waals surface area contributed by atoms with Crippen LogP contribution in [-0.2, 0) is 5.41 Å². The molecule has 0 atom stereocenters. The second-order valence-electron chi connectivity index (χ2n) is 5.68. The summed E-state index contributed by atoms with van der Waals surface area (Å²) < 4.78 is 0.938. The van der Waals surface area contributed by atoms with Crippen LogP contribution < -0.4 is 0 Å². The summed E-state index contributed by atoms with van der Waals surface area (Å²) in [5.41, 5.74) is 2.16. The van der Waals surface area contributed by atoms with E-state index in [9.17, 15) is 4.79 Å². The van der Waals surface area contributed by atoms with E-state index in [0.717, 1.165) is 26.5 Å². The molecule has 0 unspecified atom stereocenters. The average Bonchev–Trinajstić information content (AvgIpc) is 2.92. The fourth-order valence-electron chi connectivity index (χ4n) is 2.64. The van der Waals surface area contributed by atoms with Gasteiger partial charge in [-0.2, -0.15) is 0 Å². The predicted molar refractivity (Wildman–Crippen MR) is 89.8 cm³/mol. The van der Waals surface area contributed by atoms with Gasteiger partial charge in [-0.1, -0.05) is 52.3 Å². The molecule has 0 spiro atoms. The van der Waals surface area contributed by atoms with Crippen molar-refractivity contribution in [1.82, 2.24) is 4.98 Å². The minimum absolute atomic E-state index is 0.117. The van der Waals surface area contributed by atoms with Crippen LogP contribution in [0.2, 0.25) is 0 Å². The Labute approximate surface area is 132 Å². The summed E-state index contributed by atoms with van der Waals surface area (Å²) in [6.45, 7) is 3.95. The van der Waals surface area contributed by atoms with Gasteiger partial charge in [0.25, 0.3) is 0 Å². The first-order valence-corrected chi connectivity index (χ1v) is 7.67. The van der Waals surface area contributed by atoms with Gasteiger partial charge < -0.3 is 4.98 Å². The first-order chi connectivity index (χ1) is 10.0. The standard InChI is InChI=1S/C18H16BrNO/c1-18(2,12-7-4-3-5-8-12)17(21)13-11-20-15-10-6-9-14(19)16(13)15/h3-11,20H,1-2H3. The molecule has 0 bridgehead atoms. The lowest BCUT2D eigenvalue weighted by molar-refractivity contribution is 0.0910. The maximum Gasteiger partial charge on any atom is 0.174 e. The first kappa shape index (κ1) is 14.1. The van der Waals surface area contributed by atoms with Crippen molar-refractivity contribution < 1.29 is 4.79 Å².